The molecule has 0 aliphatic carbocycles. The summed E-state index contributed by atoms with van der Waals surface area (Å²) in [6.07, 6.45) is -1.10. The normalized spacial score (nSPS) is 24.8. The Morgan fingerprint density at radius 1 is 1.02 bits per heavy atom. The Balaban J connectivity index is 1.15. The fraction of sp³-hybridized carbons (Fsp3) is 0.500. The van der Waals surface area contributed by atoms with Crippen molar-refractivity contribution in [2.75, 3.05) is 33.1 Å². The first-order valence-corrected chi connectivity index (χ1v) is 19.1. The first-order valence-electron chi connectivity index (χ1n) is 17.6. The molecule has 0 spiro atoms. The number of halogens is 1. The summed E-state index contributed by atoms with van der Waals surface area (Å²) in [4.78, 5) is 15.8. The predicted molar refractivity (Wildman–Crippen MR) is 186 cm³/mol. The van der Waals surface area contributed by atoms with Crippen LogP contribution in [-0.4, -0.2) is 87.1 Å². The van der Waals surface area contributed by atoms with E-state index in [2.05, 4.69) is 0 Å². The van der Waals surface area contributed by atoms with E-state index in [1.807, 2.05) is 38.1 Å². The van der Waals surface area contributed by atoms with Gasteiger partial charge in [0.2, 0.25) is 16.8 Å². The van der Waals surface area contributed by atoms with Crippen molar-refractivity contribution in [3.63, 3.8) is 0 Å². The van der Waals surface area contributed by atoms with Gasteiger partial charge in [0.1, 0.15) is 30.0 Å². The maximum absolute atomic E-state index is 14.3. The second-order valence-corrected chi connectivity index (χ2v) is 16.4. The molecule has 0 N–H and O–H groups in total. The summed E-state index contributed by atoms with van der Waals surface area (Å²) in [5, 5.41) is 0. The molecule has 3 aromatic carbocycles. The minimum atomic E-state index is -4.03. The zero-order chi connectivity index (χ0) is 36.6. The van der Waals surface area contributed by atoms with Gasteiger partial charge in [0, 0.05) is 19.2 Å². The van der Waals surface area contributed by atoms with E-state index >= 15 is 0 Å². The standard InChI is InChI=1S/C38H45FN2O10S/c1-24(2)19-40(52(43,44)29-12-13-32-33(18-29)49-23-48-32)20-34-31(17-25-8-10-28(11-9-25)46-21-26-6-5-7-27(39)16-26)41(38(3,4)51-34)37(42)50-35-22-47-36-30(35)14-15-45-36/h5-13,16,18,24,30-31,34-36H,14-15,17,19-23H2,1-4H3/t30-,31-,34+,35-,36+/m0/s1. The lowest BCUT2D eigenvalue weighted by molar-refractivity contribution is -0.0911. The maximum atomic E-state index is 14.3. The summed E-state index contributed by atoms with van der Waals surface area (Å²) >= 11 is 0. The molecule has 12 nitrogen and oxygen atoms in total. The van der Waals surface area contributed by atoms with Crippen LogP contribution in [-0.2, 0) is 42.0 Å². The van der Waals surface area contributed by atoms with Crippen LogP contribution in [0, 0.1) is 17.7 Å². The van der Waals surface area contributed by atoms with Crippen molar-refractivity contribution in [1.82, 2.24) is 9.21 Å². The van der Waals surface area contributed by atoms with Crippen molar-refractivity contribution in [3.05, 3.63) is 83.7 Å². The molecule has 5 atom stereocenters. The number of amides is 1. The fourth-order valence-corrected chi connectivity index (χ4v) is 9.00. The molecule has 0 unspecified atom stereocenters. The zero-order valence-corrected chi connectivity index (χ0v) is 30.6. The topological polar surface area (TPSA) is 122 Å². The molecular weight excluding hydrogens is 695 g/mol. The summed E-state index contributed by atoms with van der Waals surface area (Å²) < 4.78 is 84.5. The zero-order valence-electron chi connectivity index (χ0n) is 29.7. The fourth-order valence-electron chi connectivity index (χ4n) is 7.36. The van der Waals surface area contributed by atoms with Crippen LogP contribution in [0.3, 0.4) is 0 Å². The molecule has 0 saturated carbocycles. The SMILES string of the molecule is CC(C)CN(C[C@H]1OC(C)(C)N(C(=O)O[C@H]2CO[C@H]3OCC[C@H]32)[C@H]1Cc1ccc(OCc2cccc(F)c2)cc1)S(=O)(=O)c1ccc2c(c1)OCO2. The van der Waals surface area contributed by atoms with E-state index in [9.17, 15) is 17.6 Å². The van der Waals surface area contributed by atoms with Gasteiger partial charge >= 0.3 is 6.09 Å². The molecule has 3 fully saturated rings. The highest BCUT2D eigenvalue weighted by molar-refractivity contribution is 7.89. The third-order valence-corrected chi connectivity index (χ3v) is 11.6. The Labute approximate surface area is 303 Å². The van der Waals surface area contributed by atoms with E-state index < -0.39 is 46.4 Å². The molecule has 280 valence electrons. The Kier molecular flexibility index (Phi) is 10.4. The first-order chi connectivity index (χ1) is 24.9. The van der Waals surface area contributed by atoms with E-state index in [4.69, 9.17) is 33.2 Å². The summed E-state index contributed by atoms with van der Waals surface area (Å²) in [7, 11) is -4.03. The molecule has 3 saturated heterocycles. The average Bonchev–Trinajstić information content (AvgIpc) is 3.89. The number of hydrogen-bond donors (Lipinski definition) is 0. The number of benzene rings is 3. The van der Waals surface area contributed by atoms with E-state index in [1.54, 1.807) is 36.9 Å². The number of nitrogens with zero attached hydrogens (tertiary/aromatic N) is 2. The van der Waals surface area contributed by atoms with Crippen molar-refractivity contribution in [3.8, 4) is 17.2 Å². The molecule has 4 aliphatic rings. The highest BCUT2D eigenvalue weighted by Crippen LogP contribution is 2.40. The van der Waals surface area contributed by atoms with Gasteiger partial charge in [-0.05, 0) is 80.1 Å². The molecule has 4 heterocycles. The number of carbonyl (C=O) groups excluding carboxylic acids is 1. The Morgan fingerprint density at radius 2 is 1.81 bits per heavy atom. The smallest absolute Gasteiger partial charge is 0.412 e. The predicted octanol–water partition coefficient (Wildman–Crippen LogP) is 5.73. The number of ether oxygens (including phenoxy) is 7. The number of fused-ring (bicyclic) bond motifs is 2. The Hall–Kier alpha value is -3.95. The van der Waals surface area contributed by atoms with E-state index in [0.29, 0.717) is 35.8 Å². The van der Waals surface area contributed by atoms with Gasteiger partial charge < -0.3 is 33.2 Å². The van der Waals surface area contributed by atoms with Gasteiger partial charge in [0.25, 0.3) is 0 Å². The Morgan fingerprint density at radius 3 is 2.58 bits per heavy atom. The van der Waals surface area contributed by atoms with Crippen LogP contribution in [0.2, 0.25) is 0 Å². The monoisotopic (exact) mass is 740 g/mol. The van der Waals surface area contributed by atoms with Crippen LogP contribution in [0.25, 0.3) is 0 Å². The highest BCUT2D eigenvalue weighted by Gasteiger charge is 2.53. The van der Waals surface area contributed by atoms with Gasteiger partial charge in [-0.25, -0.2) is 17.6 Å². The molecule has 0 radical (unpaired) electrons. The van der Waals surface area contributed by atoms with Crippen LogP contribution >= 0.6 is 0 Å². The number of hydrogen-bond acceptors (Lipinski definition) is 10. The van der Waals surface area contributed by atoms with Gasteiger partial charge in [0.15, 0.2) is 17.8 Å². The van der Waals surface area contributed by atoms with Crippen LogP contribution < -0.4 is 14.2 Å². The summed E-state index contributed by atoms with van der Waals surface area (Å²) in [6.45, 7) is 8.66. The van der Waals surface area contributed by atoms with E-state index in [0.717, 1.165) is 12.0 Å². The molecule has 0 aromatic heterocycles. The first kappa shape index (κ1) is 36.4. The third kappa shape index (κ3) is 7.72. The van der Waals surface area contributed by atoms with Gasteiger partial charge in [-0.1, -0.05) is 38.1 Å². The molecule has 14 heteroatoms. The van der Waals surface area contributed by atoms with Gasteiger partial charge in [0.05, 0.1) is 36.2 Å². The van der Waals surface area contributed by atoms with Crippen molar-refractivity contribution < 1.29 is 50.8 Å². The van der Waals surface area contributed by atoms with E-state index in [-0.39, 0.29) is 55.6 Å². The van der Waals surface area contributed by atoms with Crippen molar-refractivity contribution in [2.24, 2.45) is 11.8 Å². The lowest BCUT2D eigenvalue weighted by Crippen LogP contribution is -2.51. The second kappa shape index (κ2) is 14.8. The number of rotatable bonds is 12. The number of carbonyl (C=O) groups is 1. The van der Waals surface area contributed by atoms with Gasteiger partial charge in [-0.2, -0.15) is 4.31 Å². The summed E-state index contributed by atoms with van der Waals surface area (Å²) in [6, 6.07) is 17.6. The molecule has 52 heavy (non-hydrogen) atoms. The highest BCUT2D eigenvalue weighted by atomic mass is 32.2. The molecular formula is C38H45FN2O10S. The molecule has 1 amide bonds. The summed E-state index contributed by atoms with van der Waals surface area (Å²) in [5.74, 6) is 1.04. The van der Waals surface area contributed by atoms with Gasteiger partial charge in [-0.3, -0.25) is 4.90 Å². The quantitative estimate of drug-likeness (QED) is 0.228. The lowest BCUT2D eigenvalue weighted by Gasteiger charge is -2.34. The average molecular weight is 741 g/mol. The molecule has 4 aliphatic heterocycles. The third-order valence-electron chi connectivity index (χ3n) is 9.81. The minimum absolute atomic E-state index is 0.0124. The second-order valence-electron chi connectivity index (χ2n) is 14.5. The van der Waals surface area contributed by atoms with E-state index in [1.165, 1.54) is 28.6 Å². The largest absolute Gasteiger partial charge is 0.489 e. The van der Waals surface area contributed by atoms with Crippen molar-refractivity contribution in [2.45, 2.75) is 82.3 Å². The van der Waals surface area contributed by atoms with Crippen molar-refractivity contribution >= 4 is 16.1 Å². The Bertz CT molecular complexity index is 1860. The van der Waals surface area contributed by atoms with Crippen molar-refractivity contribution in [1.29, 1.82) is 0 Å². The van der Waals surface area contributed by atoms with Crippen LogP contribution in [0.4, 0.5) is 9.18 Å². The lowest BCUT2D eigenvalue weighted by atomic mass is 9.99. The summed E-state index contributed by atoms with van der Waals surface area (Å²) in [5.41, 5.74) is 0.434. The molecule has 3 aromatic rings. The van der Waals surface area contributed by atoms with Crippen LogP contribution in [0.1, 0.15) is 45.2 Å². The minimum Gasteiger partial charge on any atom is -0.489 e. The van der Waals surface area contributed by atoms with Gasteiger partial charge in [-0.15, -0.1) is 0 Å². The maximum Gasteiger partial charge on any atom is 0.412 e. The molecule has 0 bridgehead atoms. The van der Waals surface area contributed by atoms with Crippen LogP contribution in [0.5, 0.6) is 17.2 Å². The van der Waals surface area contributed by atoms with Crippen LogP contribution in [0.15, 0.2) is 71.6 Å². The molecule has 7 rings (SSSR count). The number of sulfonamides is 1.